The molecular weight excluding hydrogens is 756 g/mol. The maximum Gasteiger partial charge on any atom is 0.513 e. The second kappa shape index (κ2) is 18.9. The molecule has 0 aliphatic rings. The number of tetrazole rings is 1. The molecule has 2 aromatic carbocycles. The molecule has 3 heterocycles. The first-order chi connectivity index (χ1) is 26.9. The molecule has 0 atom stereocenters. The van der Waals surface area contributed by atoms with Crippen molar-refractivity contribution < 1.29 is 52.1 Å². The number of pyridine rings is 2. The lowest BCUT2D eigenvalue weighted by molar-refractivity contribution is -0.497. The Hall–Kier alpha value is -6.98. The number of aryl methyl sites for hydroxylation is 1. The van der Waals surface area contributed by atoms with Crippen LogP contribution in [0.3, 0.4) is 0 Å². The van der Waals surface area contributed by atoms with Crippen molar-refractivity contribution >= 4 is 27.7 Å². The first-order valence-corrected chi connectivity index (χ1v) is 17.5. The van der Waals surface area contributed by atoms with Crippen molar-refractivity contribution in [3.63, 3.8) is 0 Å². The van der Waals surface area contributed by atoms with Gasteiger partial charge < -0.3 is 34.7 Å². The maximum absolute atomic E-state index is 13.4. The molecule has 0 amide bonds. The van der Waals surface area contributed by atoms with E-state index < -0.39 is 39.8 Å². The Balaban J connectivity index is 1.45. The van der Waals surface area contributed by atoms with Gasteiger partial charge in [-0.1, -0.05) is 36.9 Å². The molecule has 21 nitrogen and oxygen atoms in total. The largest absolute Gasteiger partial charge is 0.513 e. The number of nitrogens with one attached hydrogen (secondary N) is 2. The van der Waals surface area contributed by atoms with Crippen molar-refractivity contribution in [1.29, 1.82) is 0 Å². The number of benzene rings is 2. The third kappa shape index (κ3) is 11.3. The number of nitrogens with two attached hydrogens (primary N) is 1. The lowest BCUT2D eigenvalue weighted by atomic mass is 10.2. The molecule has 0 radical (unpaired) electrons. The van der Waals surface area contributed by atoms with Crippen LogP contribution >= 0.6 is 0 Å². The number of methoxy groups -OCH3 is 1. The summed E-state index contributed by atoms with van der Waals surface area (Å²) in [5.74, 6) is -0.771. The molecule has 0 spiro atoms. The average Bonchev–Trinajstić information content (AvgIpc) is 3.73. The second-order valence-electron chi connectivity index (χ2n) is 11.0. The summed E-state index contributed by atoms with van der Waals surface area (Å²) in [4.78, 5) is 25.3. The molecule has 3 aromatic heterocycles. The van der Waals surface area contributed by atoms with E-state index in [0.29, 0.717) is 22.4 Å². The molecular formula is C34H34N10O11S. The molecule has 0 bridgehead atoms. The van der Waals surface area contributed by atoms with Crippen molar-refractivity contribution in [3.05, 3.63) is 120 Å². The molecule has 0 aliphatic carbocycles. The molecule has 0 fully saturated rings. The minimum absolute atomic E-state index is 0.0910. The number of H-pyrrole nitrogens is 1. The summed E-state index contributed by atoms with van der Waals surface area (Å²) in [5.41, 5.74) is 8.60. The van der Waals surface area contributed by atoms with Gasteiger partial charge in [0, 0.05) is 23.7 Å². The molecule has 0 unspecified atom stereocenters. The van der Waals surface area contributed by atoms with E-state index in [1.54, 1.807) is 43.3 Å². The standard InChI is InChI=1S/C34H34N10O11S/c1-21-8-13-29(37-19-21)56(48,49)41-31(35)30(55-28-7-5-4-6-27(28)50-3)33(38-22(2)24-14-15-36-26(18-24)32-39-42-43-40-32)51-16-17-52-34(45)54-25-11-9-23(10-12-25)20-53-44(46)47/h4-15,18-19,38,46-47H,2,16-17,20H2,1,3H3,(H2,35,41)(H,39,40,42,43). The normalized spacial score (nSPS) is 12.1. The van der Waals surface area contributed by atoms with Gasteiger partial charge in [-0.25, -0.2) is 14.6 Å². The third-order valence-electron chi connectivity index (χ3n) is 7.06. The number of hydrogen-bond acceptors (Lipinski definition) is 18. The van der Waals surface area contributed by atoms with Crippen molar-refractivity contribution in [2.75, 3.05) is 20.3 Å². The van der Waals surface area contributed by atoms with Crippen molar-refractivity contribution in [1.82, 2.24) is 41.3 Å². The number of amidine groups is 1. The van der Waals surface area contributed by atoms with Gasteiger partial charge in [0.15, 0.2) is 22.4 Å². The third-order valence-corrected chi connectivity index (χ3v) is 8.26. The highest BCUT2D eigenvalue weighted by Gasteiger charge is 2.24. The van der Waals surface area contributed by atoms with E-state index in [0.717, 1.165) is 0 Å². The molecule has 292 valence electrons. The van der Waals surface area contributed by atoms with E-state index in [2.05, 4.69) is 51.7 Å². The topological polar surface area (TPSA) is 281 Å². The Bertz CT molecular complexity index is 2290. The van der Waals surface area contributed by atoms with Gasteiger partial charge in [0.1, 0.15) is 24.7 Å². The summed E-state index contributed by atoms with van der Waals surface area (Å²) in [6.45, 7) is 4.89. The van der Waals surface area contributed by atoms with Gasteiger partial charge in [0.25, 0.3) is 0 Å². The second-order valence-corrected chi connectivity index (χ2v) is 12.6. The number of aromatic nitrogens is 6. The zero-order valence-electron chi connectivity index (χ0n) is 29.6. The number of sulfonamides is 1. The highest BCUT2D eigenvalue weighted by Crippen LogP contribution is 2.29. The van der Waals surface area contributed by atoms with Crippen molar-refractivity contribution in [3.8, 4) is 28.8 Å². The number of carbonyl (C=O) groups is 1. The van der Waals surface area contributed by atoms with E-state index in [9.17, 15) is 13.2 Å². The van der Waals surface area contributed by atoms with Crippen LogP contribution in [0.1, 0.15) is 16.7 Å². The van der Waals surface area contributed by atoms with E-state index in [1.165, 1.54) is 55.9 Å². The summed E-state index contributed by atoms with van der Waals surface area (Å²) in [6, 6.07) is 18.4. The highest BCUT2D eigenvalue weighted by molar-refractivity contribution is 7.90. The van der Waals surface area contributed by atoms with Crippen LogP contribution in [0, 0.1) is 6.92 Å². The summed E-state index contributed by atoms with van der Waals surface area (Å²) in [5, 5.41) is 33.3. The Morgan fingerprint density at radius 3 is 2.43 bits per heavy atom. The first-order valence-electron chi connectivity index (χ1n) is 16.0. The lowest BCUT2D eigenvalue weighted by Gasteiger charge is -2.20. The van der Waals surface area contributed by atoms with Gasteiger partial charge >= 0.3 is 16.2 Å². The van der Waals surface area contributed by atoms with Gasteiger partial charge in [-0.3, -0.25) is 15.4 Å². The summed E-state index contributed by atoms with van der Waals surface area (Å²) >= 11 is 0. The van der Waals surface area contributed by atoms with Crippen LogP contribution in [-0.4, -0.2) is 87.1 Å². The predicted molar refractivity (Wildman–Crippen MR) is 193 cm³/mol. The van der Waals surface area contributed by atoms with E-state index in [4.69, 9.17) is 39.8 Å². The Morgan fingerprint density at radius 2 is 1.75 bits per heavy atom. The highest BCUT2D eigenvalue weighted by atomic mass is 32.2. The Morgan fingerprint density at radius 1 is 1.00 bits per heavy atom. The summed E-state index contributed by atoms with van der Waals surface area (Å²) < 4.78 is 58.5. The molecule has 5 rings (SSSR count). The molecule has 5 aromatic rings. The first kappa shape index (κ1) is 40.2. The molecule has 22 heteroatoms. The molecule has 0 aliphatic heterocycles. The van der Waals surface area contributed by atoms with Gasteiger partial charge in [0.2, 0.25) is 17.5 Å². The van der Waals surface area contributed by atoms with Crippen LogP contribution in [0.4, 0.5) is 4.79 Å². The fourth-order valence-corrected chi connectivity index (χ4v) is 5.27. The minimum Gasteiger partial charge on any atom is -0.493 e. The maximum atomic E-state index is 13.4. The summed E-state index contributed by atoms with van der Waals surface area (Å²) in [7, 11) is -3.10. The smallest absolute Gasteiger partial charge is 0.493 e. The van der Waals surface area contributed by atoms with Gasteiger partial charge in [-0.05, 0) is 65.7 Å². The van der Waals surface area contributed by atoms with Crippen molar-refractivity contribution in [2.24, 2.45) is 10.1 Å². The van der Waals surface area contributed by atoms with E-state index in [1.807, 2.05) is 0 Å². The number of aromatic amines is 1. The quantitative estimate of drug-likeness (QED) is 0.0162. The van der Waals surface area contributed by atoms with Crippen LogP contribution in [0.5, 0.6) is 17.2 Å². The zero-order chi connectivity index (χ0) is 40.1. The van der Waals surface area contributed by atoms with Crippen LogP contribution in [0.15, 0.2) is 113 Å². The number of para-hydroxylation sites is 2. The molecule has 6 N–H and O–H groups in total. The SMILES string of the molecule is C=C(NC(OCCOC(=O)Oc1ccc(CON(O)O)cc1)=C(Oc1ccccc1OC)C(N)=NS(=O)(=O)c1ccc(C)cn1)c1ccnc(-c2nn[nH]n2)c1. The van der Waals surface area contributed by atoms with Gasteiger partial charge in [-0.2, -0.15) is 13.6 Å². The van der Waals surface area contributed by atoms with Crippen LogP contribution in [-0.2, 0) is 30.9 Å². The predicted octanol–water partition coefficient (Wildman–Crippen LogP) is 3.27. The van der Waals surface area contributed by atoms with E-state index >= 15 is 0 Å². The van der Waals surface area contributed by atoms with E-state index in [-0.39, 0.29) is 52.9 Å². The van der Waals surface area contributed by atoms with Gasteiger partial charge in [-0.15, -0.1) is 14.6 Å². The van der Waals surface area contributed by atoms with Crippen LogP contribution in [0.2, 0.25) is 0 Å². The number of rotatable bonds is 18. The molecule has 0 saturated heterocycles. The van der Waals surface area contributed by atoms with Crippen molar-refractivity contribution in [2.45, 2.75) is 18.6 Å². The number of carbonyl (C=O) groups excluding carboxylic acids is 1. The lowest BCUT2D eigenvalue weighted by Crippen LogP contribution is -2.29. The zero-order valence-corrected chi connectivity index (χ0v) is 30.4. The fraction of sp³-hybridized carbons (Fsp3) is 0.147. The van der Waals surface area contributed by atoms with Gasteiger partial charge in [0.05, 0.1) is 19.1 Å². The minimum atomic E-state index is -4.50. The van der Waals surface area contributed by atoms with Crippen LogP contribution in [0.25, 0.3) is 17.2 Å². The molecule has 56 heavy (non-hydrogen) atoms. The number of hydrogen-bond donors (Lipinski definition) is 5. The monoisotopic (exact) mass is 790 g/mol. The summed E-state index contributed by atoms with van der Waals surface area (Å²) in [6.07, 6.45) is 1.74. The number of nitrogens with zero attached hydrogens (tertiary/aromatic N) is 7. The molecule has 0 saturated carbocycles. The Labute approximate surface area is 318 Å². The Kier molecular flexibility index (Phi) is 13.5. The van der Waals surface area contributed by atoms with Crippen LogP contribution < -0.4 is 25.3 Å². The fourth-order valence-electron chi connectivity index (χ4n) is 4.41. The number of ether oxygens (including phenoxy) is 5. The average molecular weight is 791 g/mol.